The van der Waals surface area contributed by atoms with E-state index in [1.807, 2.05) is 6.07 Å². The van der Waals surface area contributed by atoms with E-state index in [2.05, 4.69) is 37.0 Å². The Morgan fingerprint density at radius 3 is 2.49 bits per heavy atom. The van der Waals surface area contributed by atoms with Gasteiger partial charge in [-0.25, -0.2) is 0 Å². The highest BCUT2D eigenvalue weighted by Crippen LogP contribution is 2.38. The van der Waals surface area contributed by atoms with Crippen LogP contribution in [-0.4, -0.2) is 22.3 Å². The fraction of sp³-hybridized carbons (Fsp3) is 0.300. The first-order valence-electron chi connectivity index (χ1n) is 12.4. The fourth-order valence-electron chi connectivity index (χ4n) is 5.27. The van der Waals surface area contributed by atoms with Gasteiger partial charge in [0.1, 0.15) is 0 Å². The van der Waals surface area contributed by atoms with E-state index in [9.17, 15) is 18.0 Å². The van der Waals surface area contributed by atoms with Gasteiger partial charge in [0, 0.05) is 29.7 Å². The number of nitrogens with zero attached hydrogens (tertiary/aromatic N) is 1. The standard InChI is InChI=1S/C30H28ClF3N2O/c1-29(2)12-9-21-15-20(5-8-26(21)29)18-36(14-11-19-3-6-23(7-4-19)30(32,33)34)28(37)25-17-24(31)16-22-10-13-35-27(22)25/h3-8,10,13,15-17,35H,9,11-12,14,18H2,1-2H3. The molecule has 37 heavy (non-hydrogen) atoms. The molecular formula is C30H28ClF3N2O. The van der Waals surface area contributed by atoms with Crippen LogP contribution in [0.2, 0.25) is 5.02 Å². The lowest BCUT2D eigenvalue weighted by Crippen LogP contribution is -2.32. The van der Waals surface area contributed by atoms with E-state index in [4.69, 9.17) is 11.6 Å². The molecule has 0 unspecified atom stereocenters. The number of rotatable bonds is 6. The molecule has 0 saturated heterocycles. The van der Waals surface area contributed by atoms with Crippen LogP contribution in [0.25, 0.3) is 10.9 Å². The molecule has 1 N–H and O–H groups in total. The molecule has 0 bridgehead atoms. The van der Waals surface area contributed by atoms with E-state index in [1.165, 1.54) is 23.3 Å². The van der Waals surface area contributed by atoms with E-state index < -0.39 is 11.7 Å². The van der Waals surface area contributed by atoms with Crippen LogP contribution in [-0.2, 0) is 31.0 Å². The van der Waals surface area contributed by atoms with Crippen LogP contribution >= 0.6 is 11.6 Å². The smallest absolute Gasteiger partial charge is 0.361 e. The Bertz CT molecular complexity index is 1450. The minimum Gasteiger partial charge on any atom is -0.361 e. The maximum atomic E-state index is 13.9. The Morgan fingerprint density at radius 2 is 1.76 bits per heavy atom. The maximum Gasteiger partial charge on any atom is 0.416 e. The van der Waals surface area contributed by atoms with E-state index in [1.54, 1.807) is 23.2 Å². The SMILES string of the molecule is CC1(C)CCc2cc(CN(CCc3ccc(C(F)(F)F)cc3)C(=O)c3cc(Cl)cc4cc[nH]c34)ccc21. The van der Waals surface area contributed by atoms with Gasteiger partial charge in [0.25, 0.3) is 5.91 Å². The van der Waals surface area contributed by atoms with Crippen LogP contribution in [0.1, 0.15) is 58.4 Å². The van der Waals surface area contributed by atoms with E-state index in [0.717, 1.165) is 41.5 Å². The highest BCUT2D eigenvalue weighted by Gasteiger charge is 2.31. The van der Waals surface area contributed by atoms with Crippen molar-refractivity contribution >= 4 is 28.4 Å². The molecule has 0 atom stereocenters. The highest BCUT2D eigenvalue weighted by atomic mass is 35.5. The third-order valence-corrected chi connectivity index (χ3v) is 7.60. The first-order chi connectivity index (χ1) is 17.5. The van der Waals surface area contributed by atoms with Crippen molar-refractivity contribution < 1.29 is 18.0 Å². The molecule has 0 radical (unpaired) electrons. The Hall–Kier alpha value is -3.25. The van der Waals surface area contributed by atoms with Crippen LogP contribution in [0.4, 0.5) is 13.2 Å². The second kappa shape index (κ2) is 9.56. The van der Waals surface area contributed by atoms with Crippen LogP contribution in [0.5, 0.6) is 0 Å². The third kappa shape index (κ3) is 5.26. The molecule has 1 heterocycles. The van der Waals surface area contributed by atoms with E-state index in [-0.39, 0.29) is 11.3 Å². The van der Waals surface area contributed by atoms with Crippen molar-refractivity contribution in [3.8, 4) is 0 Å². The van der Waals surface area contributed by atoms with Crippen molar-refractivity contribution in [3.05, 3.63) is 105 Å². The molecule has 0 spiro atoms. The maximum absolute atomic E-state index is 13.9. The normalized spacial score (nSPS) is 14.6. The summed E-state index contributed by atoms with van der Waals surface area (Å²) < 4.78 is 38.9. The molecule has 192 valence electrons. The van der Waals surface area contributed by atoms with Gasteiger partial charge in [-0.1, -0.05) is 55.8 Å². The summed E-state index contributed by atoms with van der Waals surface area (Å²) in [7, 11) is 0. The van der Waals surface area contributed by atoms with Crippen LogP contribution < -0.4 is 0 Å². The van der Waals surface area contributed by atoms with Gasteiger partial charge in [-0.2, -0.15) is 13.2 Å². The van der Waals surface area contributed by atoms with E-state index in [0.29, 0.717) is 35.6 Å². The van der Waals surface area contributed by atoms with Crippen molar-refractivity contribution in [3.63, 3.8) is 0 Å². The predicted molar refractivity (Wildman–Crippen MR) is 141 cm³/mol. The van der Waals surface area contributed by atoms with Crippen molar-refractivity contribution in [1.29, 1.82) is 0 Å². The predicted octanol–water partition coefficient (Wildman–Crippen LogP) is 7.95. The summed E-state index contributed by atoms with van der Waals surface area (Å²) in [5, 5.41) is 1.32. The average molecular weight is 525 g/mol. The van der Waals surface area contributed by atoms with Crippen molar-refractivity contribution in [1.82, 2.24) is 9.88 Å². The number of aromatic amines is 1. The number of aromatic nitrogens is 1. The number of carbonyl (C=O) groups excluding carboxylic acids is 1. The van der Waals surface area contributed by atoms with Gasteiger partial charge < -0.3 is 9.88 Å². The van der Waals surface area contributed by atoms with Gasteiger partial charge in [-0.3, -0.25) is 4.79 Å². The zero-order chi connectivity index (χ0) is 26.4. The summed E-state index contributed by atoms with van der Waals surface area (Å²) in [6.45, 7) is 5.24. The number of carbonyl (C=O) groups is 1. The second-order valence-corrected chi connectivity index (χ2v) is 10.9. The van der Waals surface area contributed by atoms with Gasteiger partial charge >= 0.3 is 6.18 Å². The topological polar surface area (TPSA) is 36.1 Å². The summed E-state index contributed by atoms with van der Waals surface area (Å²) in [4.78, 5) is 18.8. The molecule has 1 amide bonds. The van der Waals surface area contributed by atoms with Crippen LogP contribution in [0.3, 0.4) is 0 Å². The lowest BCUT2D eigenvalue weighted by Gasteiger charge is -2.25. The number of benzene rings is 3. The first-order valence-corrected chi connectivity index (χ1v) is 12.7. The molecule has 5 rings (SSSR count). The zero-order valence-electron chi connectivity index (χ0n) is 20.8. The van der Waals surface area contributed by atoms with Crippen molar-refractivity contribution in [2.24, 2.45) is 0 Å². The summed E-state index contributed by atoms with van der Waals surface area (Å²) in [5.74, 6) is -0.178. The lowest BCUT2D eigenvalue weighted by atomic mass is 9.86. The summed E-state index contributed by atoms with van der Waals surface area (Å²) in [6.07, 6.45) is -0.0811. The molecule has 1 aliphatic carbocycles. The number of nitrogens with one attached hydrogen (secondary N) is 1. The molecule has 0 fully saturated rings. The number of H-pyrrole nitrogens is 1. The van der Waals surface area contributed by atoms with Gasteiger partial charge in [0.05, 0.1) is 16.6 Å². The number of hydrogen-bond acceptors (Lipinski definition) is 1. The quantitative estimate of drug-likeness (QED) is 0.273. The van der Waals surface area contributed by atoms with Gasteiger partial charge in [0.2, 0.25) is 0 Å². The molecule has 3 aromatic carbocycles. The largest absolute Gasteiger partial charge is 0.416 e. The molecular weight excluding hydrogens is 497 g/mol. The van der Waals surface area contributed by atoms with Gasteiger partial charge in [0.15, 0.2) is 0 Å². The average Bonchev–Trinajstić information content (AvgIpc) is 3.44. The third-order valence-electron chi connectivity index (χ3n) is 7.39. The van der Waals surface area contributed by atoms with Gasteiger partial charge in [-0.15, -0.1) is 0 Å². The highest BCUT2D eigenvalue weighted by molar-refractivity contribution is 6.32. The lowest BCUT2D eigenvalue weighted by molar-refractivity contribution is -0.137. The molecule has 1 aliphatic rings. The number of amides is 1. The van der Waals surface area contributed by atoms with Crippen LogP contribution in [0, 0.1) is 0 Å². The van der Waals surface area contributed by atoms with Crippen LogP contribution in [0.15, 0.2) is 66.9 Å². The molecule has 1 aromatic heterocycles. The monoisotopic (exact) mass is 524 g/mol. The summed E-state index contributed by atoms with van der Waals surface area (Å²) >= 11 is 6.33. The number of halogens is 4. The number of fused-ring (bicyclic) bond motifs is 2. The van der Waals surface area contributed by atoms with Crippen molar-refractivity contribution in [2.45, 2.75) is 51.2 Å². The van der Waals surface area contributed by atoms with Crippen molar-refractivity contribution in [2.75, 3.05) is 6.54 Å². The molecule has 4 aromatic rings. The Labute approximate surface area is 219 Å². The Kier molecular flexibility index (Phi) is 6.57. The second-order valence-electron chi connectivity index (χ2n) is 10.4. The summed E-state index contributed by atoms with van der Waals surface area (Å²) in [6, 6.07) is 16.9. The number of alkyl halides is 3. The Morgan fingerprint density at radius 1 is 1.03 bits per heavy atom. The number of hydrogen-bond donors (Lipinski definition) is 1. The molecule has 7 heteroatoms. The molecule has 0 aliphatic heterocycles. The van der Waals surface area contributed by atoms with E-state index >= 15 is 0 Å². The molecule has 3 nitrogen and oxygen atoms in total. The molecule has 0 saturated carbocycles. The Balaban J connectivity index is 1.44. The number of aryl methyl sites for hydroxylation is 1. The zero-order valence-corrected chi connectivity index (χ0v) is 21.5. The minimum atomic E-state index is -4.38. The van der Waals surface area contributed by atoms with Gasteiger partial charge in [-0.05, 0) is 77.3 Å². The fourth-order valence-corrected chi connectivity index (χ4v) is 5.49. The summed E-state index contributed by atoms with van der Waals surface area (Å²) in [5.41, 5.74) is 5.07. The minimum absolute atomic E-state index is 0.145. The first kappa shape index (κ1) is 25.4.